The Kier molecular flexibility index (Phi) is 8.65. The predicted octanol–water partition coefficient (Wildman–Crippen LogP) is 5.33. The zero-order chi connectivity index (χ0) is 17.0. The molecule has 2 aromatic rings. The van der Waals surface area contributed by atoms with Gasteiger partial charge in [-0.05, 0) is 31.2 Å². The lowest BCUT2D eigenvalue weighted by atomic mass is 10.1. The fourth-order valence-corrected chi connectivity index (χ4v) is 3.47. The number of aromatic nitrogens is 2. The Morgan fingerprint density at radius 1 is 0.875 bits per heavy atom. The monoisotopic (exact) mass is 327 g/mol. The van der Waals surface area contributed by atoms with E-state index in [0.29, 0.717) is 0 Å². The van der Waals surface area contributed by atoms with Crippen LogP contribution in [0.1, 0.15) is 70.2 Å². The van der Waals surface area contributed by atoms with Crippen LogP contribution in [0.15, 0.2) is 42.7 Å². The number of benzene rings is 1. The summed E-state index contributed by atoms with van der Waals surface area (Å²) in [4.78, 5) is 0. The number of imidazole rings is 1. The first-order chi connectivity index (χ1) is 11.8. The van der Waals surface area contributed by atoms with Crippen LogP contribution in [0, 0.1) is 0 Å². The van der Waals surface area contributed by atoms with Crippen molar-refractivity contribution in [1.82, 2.24) is 4.57 Å². The average molecular weight is 328 g/mol. The van der Waals surface area contributed by atoms with Gasteiger partial charge in [0.05, 0.1) is 13.1 Å². The van der Waals surface area contributed by atoms with Gasteiger partial charge in [-0.2, -0.15) is 0 Å². The molecule has 0 bridgehead atoms. The molecule has 0 N–H and O–H groups in total. The topological polar surface area (TPSA) is 8.81 Å². The van der Waals surface area contributed by atoms with Gasteiger partial charge < -0.3 is 0 Å². The first kappa shape index (κ1) is 18.8. The molecule has 2 nitrogen and oxygen atoms in total. The van der Waals surface area contributed by atoms with E-state index >= 15 is 0 Å². The molecule has 0 unspecified atom stereocenters. The summed E-state index contributed by atoms with van der Waals surface area (Å²) in [6.45, 7) is 6.87. The third-order valence-corrected chi connectivity index (χ3v) is 4.87. The summed E-state index contributed by atoms with van der Waals surface area (Å²) in [5, 5.41) is 0. The molecule has 2 rings (SSSR count). The van der Waals surface area contributed by atoms with Crippen molar-refractivity contribution in [2.75, 3.05) is 0 Å². The Labute approximate surface area is 148 Å². The second kappa shape index (κ2) is 11.1. The maximum atomic E-state index is 2.47. The average Bonchev–Trinajstić information content (AvgIpc) is 3.01. The largest absolute Gasteiger partial charge is 0.256 e. The van der Waals surface area contributed by atoms with Crippen molar-refractivity contribution < 1.29 is 4.57 Å². The van der Waals surface area contributed by atoms with Gasteiger partial charge in [-0.25, -0.2) is 9.13 Å². The summed E-state index contributed by atoms with van der Waals surface area (Å²) in [7, 11) is 0. The van der Waals surface area contributed by atoms with Crippen molar-refractivity contribution in [1.29, 1.82) is 0 Å². The van der Waals surface area contributed by atoms with E-state index in [-0.39, 0.29) is 0 Å². The van der Waals surface area contributed by atoms with E-state index in [1.807, 2.05) is 0 Å². The summed E-state index contributed by atoms with van der Waals surface area (Å²) in [5.74, 6) is 1.48. The maximum absolute atomic E-state index is 2.47. The minimum Gasteiger partial charge on any atom is -0.234 e. The van der Waals surface area contributed by atoms with Crippen LogP contribution in [0.2, 0.25) is 0 Å². The van der Waals surface area contributed by atoms with Crippen LogP contribution in [-0.4, -0.2) is 4.57 Å². The molecule has 0 spiro atoms. The van der Waals surface area contributed by atoms with E-state index in [2.05, 4.69) is 65.7 Å². The van der Waals surface area contributed by atoms with E-state index in [0.717, 1.165) is 13.0 Å². The first-order valence-corrected chi connectivity index (χ1v) is 9.96. The minimum absolute atomic E-state index is 1.12. The highest BCUT2D eigenvalue weighted by Gasteiger charge is 2.14. The Morgan fingerprint density at radius 3 is 2.38 bits per heavy atom. The Morgan fingerprint density at radius 2 is 1.62 bits per heavy atom. The molecular formula is C22H35N2+. The highest BCUT2D eigenvalue weighted by atomic mass is 15.1. The number of aryl methyl sites for hydroxylation is 3. The van der Waals surface area contributed by atoms with Crippen molar-refractivity contribution >= 4 is 0 Å². The second-order valence-corrected chi connectivity index (χ2v) is 6.81. The third-order valence-electron chi connectivity index (χ3n) is 4.87. The number of rotatable bonds is 12. The minimum atomic E-state index is 1.12. The van der Waals surface area contributed by atoms with Gasteiger partial charge in [-0.1, -0.05) is 69.9 Å². The lowest BCUT2D eigenvalue weighted by Crippen LogP contribution is -2.37. The summed E-state index contributed by atoms with van der Waals surface area (Å²) < 4.78 is 4.93. The quantitative estimate of drug-likeness (QED) is 0.368. The smallest absolute Gasteiger partial charge is 0.234 e. The highest BCUT2D eigenvalue weighted by Crippen LogP contribution is 2.08. The molecule has 24 heavy (non-hydrogen) atoms. The standard InChI is InChI=1S/C22H35N2/c1-3-5-6-7-8-12-17-23-19-20-24(22(23)4-2)18-13-16-21-14-10-9-11-15-21/h9-11,14-15,19-20H,3-8,12-13,16-18H2,1-2H3/q+1. The fourth-order valence-electron chi connectivity index (χ4n) is 3.47. The SMILES string of the molecule is CCCCCCCCn1cc[n+](CCCc2ccccc2)c1CC. The van der Waals surface area contributed by atoms with Crippen molar-refractivity contribution in [2.45, 2.75) is 84.7 Å². The Hall–Kier alpha value is -1.57. The van der Waals surface area contributed by atoms with Crippen LogP contribution < -0.4 is 4.57 Å². The lowest BCUT2D eigenvalue weighted by molar-refractivity contribution is -0.704. The van der Waals surface area contributed by atoms with E-state index in [1.165, 1.54) is 69.3 Å². The molecule has 0 aliphatic rings. The zero-order valence-electron chi connectivity index (χ0n) is 15.7. The van der Waals surface area contributed by atoms with Crippen molar-refractivity contribution in [3.8, 4) is 0 Å². The molecule has 0 saturated carbocycles. The molecule has 2 heteroatoms. The molecule has 132 valence electrons. The summed E-state index contributed by atoms with van der Waals surface area (Å²) in [6, 6.07) is 10.8. The molecule has 0 fully saturated rings. The zero-order valence-corrected chi connectivity index (χ0v) is 15.7. The first-order valence-electron chi connectivity index (χ1n) is 9.96. The molecule has 1 heterocycles. The third kappa shape index (κ3) is 6.14. The summed E-state index contributed by atoms with van der Waals surface area (Å²) in [5.41, 5.74) is 1.45. The van der Waals surface area contributed by atoms with E-state index in [9.17, 15) is 0 Å². The van der Waals surface area contributed by atoms with Crippen LogP contribution in [0.4, 0.5) is 0 Å². The molecular weight excluding hydrogens is 292 g/mol. The molecule has 0 aliphatic carbocycles. The van der Waals surface area contributed by atoms with Crippen LogP contribution in [-0.2, 0) is 25.9 Å². The predicted molar refractivity (Wildman–Crippen MR) is 102 cm³/mol. The number of hydrogen-bond acceptors (Lipinski definition) is 0. The van der Waals surface area contributed by atoms with E-state index in [1.54, 1.807) is 0 Å². The maximum Gasteiger partial charge on any atom is 0.256 e. The Balaban J connectivity index is 1.76. The van der Waals surface area contributed by atoms with Crippen molar-refractivity contribution in [3.63, 3.8) is 0 Å². The van der Waals surface area contributed by atoms with Gasteiger partial charge in [-0.15, -0.1) is 0 Å². The van der Waals surface area contributed by atoms with Gasteiger partial charge in [0.2, 0.25) is 0 Å². The van der Waals surface area contributed by atoms with Gasteiger partial charge in [0.15, 0.2) is 0 Å². The Bertz CT molecular complexity index is 557. The van der Waals surface area contributed by atoms with Crippen molar-refractivity contribution in [3.05, 3.63) is 54.1 Å². The van der Waals surface area contributed by atoms with Gasteiger partial charge in [0.25, 0.3) is 5.82 Å². The van der Waals surface area contributed by atoms with Gasteiger partial charge >= 0.3 is 0 Å². The van der Waals surface area contributed by atoms with Crippen LogP contribution in [0.25, 0.3) is 0 Å². The van der Waals surface area contributed by atoms with Crippen LogP contribution in [0.5, 0.6) is 0 Å². The van der Waals surface area contributed by atoms with Crippen LogP contribution in [0.3, 0.4) is 0 Å². The molecule has 0 saturated heterocycles. The summed E-state index contributed by atoms with van der Waals surface area (Å²) in [6.07, 6.45) is 16.3. The molecule has 1 aromatic heterocycles. The number of unbranched alkanes of at least 4 members (excludes halogenated alkanes) is 5. The van der Waals surface area contributed by atoms with E-state index < -0.39 is 0 Å². The molecule has 0 radical (unpaired) electrons. The van der Waals surface area contributed by atoms with Gasteiger partial charge in [0.1, 0.15) is 12.4 Å². The molecule has 0 aliphatic heterocycles. The van der Waals surface area contributed by atoms with Crippen molar-refractivity contribution in [2.24, 2.45) is 0 Å². The molecule has 1 aromatic carbocycles. The van der Waals surface area contributed by atoms with E-state index in [4.69, 9.17) is 0 Å². The van der Waals surface area contributed by atoms with Gasteiger partial charge in [-0.3, -0.25) is 0 Å². The number of hydrogen-bond donors (Lipinski definition) is 0. The normalized spacial score (nSPS) is 11.1. The fraction of sp³-hybridized carbons (Fsp3) is 0.591. The molecule has 0 atom stereocenters. The lowest BCUT2D eigenvalue weighted by Gasteiger charge is -2.04. The highest BCUT2D eigenvalue weighted by molar-refractivity contribution is 5.14. The van der Waals surface area contributed by atoms with Gasteiger partial charge in [0, 0.05) is 6.42 Å². The number of nitrogens with zero attached hydrogens (tertiary/aromatic N) is 2. The van der Waals surface area contributed by atoms with Crippen LogP contribution >= 0.6 is 0 Å². The second-order valence-electron chi connectivity index (χ2n) is 6.81. The summed E-state index contributed by atoms with van der Waals surface area (Å²) >= 11 is 0. The molecule has 0 amide bonds.